The Morgan fingerprint density at radius 3 is 2.34 bits per heavy atom. The van der Waals surface area contributed by atoms with E-state index in [2.05, 4.69) is 42.7 Å². The van der Waals surface area contributed by atoms with Gasteiger partial charge < -0.3 is 24.7 Å². The number of carbonyl (C=O) groups is 1. The number of aliphatic hydroxyl groups is 2. The van der Waals surface area contributed by atoms with Gasteiger partial charge in [-0.25, -0.2) is 0 Å². The van der Waals surface area contributed by atoms with Crippen LogP contribution >= 0.6 is 0 Å². The predicted octanol–water partition coefficient (Wildman–Crippen LogP) is 5.75. The molecule has 5 aliphatic rings. The van der Waals surface area contributed by atoms with Crippen molar-refractivity contribution in [3.63, 3.8) is 0 Å². The molecule has 41 heavy (non-hydrogen) atoms. The summed E-state index contributed by atoms with van der Waals surface area (Å²) < 4.78 is 5.29. The van der Waals surface area contributed by atoms with Crippen molar-refractivity contribution in [2.45, 2.75) is 97.2 Å². The summed E-state index contributed by atoms with van der Waals surface area (Å²) in [6, 6.07) is 8.21. The maximum atomic E-state index is 13.3. The molecule has 2 N–H and O–H groups in total. The largest absolute Gasteiger partial charge is 0.497 e. The van der Waals surface area contributed by atoms with E-state index >= 15 is 0 Å². The van der Waals surface area contributed by atoms with E-state index in [0.29, 0.717) is 47.8 Å². The zero-order valence-corrected chi connectivity index (χ0v) is 25.9. The van der Waals surface area contributed by atoms with Crippen LogP contribution in [0.4, 0.5) is 5.69 Å². The van der Waals surface area contributed by atoms with Crippen LogP contribution in [0.3, 0.4) is 0 Å². The molecular weight excluding hydrogens is 512 g/mol. The molecule has 1 saturated heterocycles. The molecule has 0 bridgehead atoms. The van der Waals surface area contributed by atoms with Crippen LogP contribution in [0.25, 0.3) is 0 Å². The van der Waals surface area contributed by atoms with Gasteiger partial charge in [0.2, 0.25) is 5.91 Å². The van der Waals surface area contributed by atoms with E-state index < -0.39 is 0 Å². The SMILES string of the molecule is COc1ccc(N2CCN(C(=O)CCC(C)C3CCC4C5C(O)CC6CC(O)CCC6(C)C5CCC34C)CC2)cc1. The number of anilines is 1. The molecule has 4 saturated carbocycles. The lowest BCUT2D eigenvalue weighted by molar-refractivity contribution is -0.174. The van der Waals surface area contributed by atoms with Gasteiger partial charge in [0.15, 0.2) is 0 Å². The minimum atomic E-state index is -0.222. The molecule has 0 radical (unpaired) electrons. The zero-order chi connectivity index (χ0) is 28.9. The Morgan fingerprint density at radius 2 is 1.63 bits per heavy atom. The fraction of sp³-hybridized carbons (Fsp3) is 0.800. The fourth-order valence-corrected chi connectivity index (χ4v) is 10.9. The van der Waals surface area contributed by atoms with Gasteiger partial charge in [0.1, 0.15) is 5.75 Å². The van der Waals surface area contributed by atoms with Crippen molar-refractivity contribution in [2.75, 3.05) is 38.2 Å². The van der Waals surface area contributed by atoms with E-state index in [1.54, 1.807) is 7.11 Å². The monoisotopic (exact) mass is 566 g/mol. The Hall–Kier alpha value is -1.79. The minimum Gasteiger partial charge on any atom is -0.497 e. The number of hydrogen-bond donors (Lipinski definition) is 2. The van der Waals surface area contributed by atoms with Crippen molar-refractivity contribution in [3.05, 3.63) is 24.3 Å². The van der Waals surface area contributed by atoms with Crippen LogP contribution in [-0.2, 0) is 4.79 Å². The number of amides is 1. The summed E-state index contributed by atoms with van der Waals surface area (Å²) in [7, 11) is 1.69. The number of hydrogen-bond acceptors (Lipinski definition) is 5. The van der Waals surface area contributed by atoms with Gasteiger partial charge in [0.05, 0.1) is 19.3 Å². The molecule has 4 aliphatic carbocycles. The van der Waals surface area contributed by atoms with Crippen LogP contribution in [0, 0.1) is 46.3 Å². The molecule has 1 aliphatic heterocycles. The zero-order valence-electron chi connectivity index (χ0n) is 25.9. The first kappa shape index (κ1) is 29.3. The molecule has 0 spiro atoms. The van der Waals surface area contributed by atoms with E-state index in [1.165, 1.54) is 31.4 Å². The molecule has 5 fully saturated rings. The van der Waals surface area contributed by atoms with Gasteiger partial charge in [0, 0.05) is 38.3 Å². The average Bonchev–Trinajstić information content (AvgIpc) is 3.34. The normalized spacial score (nSPS) is 41.3. The molecule has 1 amide bonds. The van der Waals surface area contributed by atoms with Gasteiger partial charge in [-0.05, 0) is 128 Å². The van der Waals surface area contributed by atoms with Crippen LogP contribution in [0.5, 0.6) is 5.75 Å². The second kappa shape index (κ2) is 11.4. The lowest BCUT2D eigenvalue weighted by atomic mass is 9.43. The Morgan fingerprint density at radius 1 is 0.951 bits per heavy atom. The Bertz CT molecular complexity index is 1070. The fourth-order valence-electron chi connectivity index (χ4n) is 10.9. The van der Waals surface area contributed by atoms with Gasteiger partial charge in [0.25, 0.3) is 0 Å². The Labute approximate surface area is 247 Å². The van der Waals surface area contributed by atoms with Crippen LogP contribution in [-0.4, -0.2) is 66.5 Å². The number of piperazine rings is 1. The molecule has 6 heteroatoms. The van der Waals surface area contributed by atoms with Crippen LogP contribution in [0.15, 0.2) is 24.3 Å². The highest BCUT2D eigenvalue weighted by atomic mass is 16.5. The van der Waals surface area contributed by atoms with Gasteiger partial charge >= 0.3 is 0 Å². The van der Waals surface area contributed by atoms with Gasteiger partial charge in [-0.3, -0.25) is 4.79 Å². The quantitative estimate of drug-likeness (QED) is 0.459. The highest BCUT2D eigenvalue weighted by Crippen LogP contribution is 2.68. The highest BCUT2D eigenvalue weighted by Gasteiger charge is 2.62. The Kier molecular flexibility index (Phi) is 8.12. The van der Waals surface area contributed by atoms with Crippen molar-refractivity contribution in [1.29, 1.82) is 0 Å². The van der Waals surface area contributed by atoms with Crippen molar-refractivity contribution in [1.82, 2.24) is 4.90 Å². The molecule has 6 nitrogen and oxygen atoms in total. The van der Waals surface area contributed by atoms with E-state index in [1.807, 2.05) is 12.1 Å². The van der Waals surface area contributed by atoms with Crippen molar-refractivity contribution in [2.24, 2.45) is 46.3 Å². The van der Waals surface area contributed by atoms with Crippen LogP contribution in [0.1, 0.15) is 85.0 Å². The van der Waals surface area contributed by atoms with Crippen LogP contribution < -0.4 is 9.64 Å². The standard InChI is InChI=1S/C35H54N2O4/c1-23(5-12-32(40)37-19-17-36(18-20-37)25-6-8-27(41-4)9-7-25)28-10-11-29-33-30(14-16-35(28,29)3)34(2)15-13-26(38)21-24(34)22-31(33)39/h6-9,23-24,26,28-31,33,38-39H,5,10-22H2,1-4H3. The number of aliphatic hydroxyl groups excluding tert-OH is 2. The predicted molar refractivity (Wildman–Crippen MR) is 163 cm³/mol. The number of methoxy groups -OCH3 is 1. The van der Waals surface area contributed by atoms with Gasteiger partial charge in [-0.15, -0.1) is 0 Å². The summed E-state index contributed by atoms with van der Waals surface area (Å²) in [6.07, 6.45) is 9.97. The number of fused-ring (bicyclic) bond motifs is 5. The number of rotatable bonds is 6. The number of nitrogens with zero attached hydrogens (tertiary/aromatic N) is 2. The molecule has 1 aromatic rings. The van der Waals surface area contributed by atoms with Gasteiger partial charge in [-0.2, -0.15) is 0 Å². The lowest BCUT2D eigenvalue weighted by Gasteiger charge is -2.62. The summed E-state index contributed by atoms with van der Waals surface area (Å²) in [5.74, 6) is 4.41. The summed E-state index contributed by atoms with van der Waals surface area (Å²) in [5, 5.41) is 21.9. The second-order valence-corrected chi connectivity index (χ2v) is 15.0. The third-order valence-electron chi connectivity index (χ3n) is 13.3. The molecule has 6 rings (SSSR count). The minimum absolute atomic E-state index is 0.178. The molecule has 1 aromatic carbocycles. The summed E-state index contributed by atoms with van der Waals surface area (Å²) in [5.41, 5.74) is 1.74. The second-order valence-electron chi connectivity index (χ2n) is 15.0. The molecular formula is C35H54N2O4. The first-order valence-corrected chi connectivity index (χ1v) is 16.7. The summed E-state index contributed by atoms with van der Waals surface area (Å²) in [4.78, 5) is 17.7. The van der Waals surface area contributed by atoms with Crippen molar-refractivity contribution < 1.29 is 19.7 Å². The molecule has 10 atom stereocenters. The summed E-state index contributed by atoms with van der Waals surface area (Å²) >= 11 is 0. The number of benzene rings is 1. The van der Waals surface area contributed by atoms with Gasteiger partial charge in [-0.1, -0.05) is 20.8 Å². The third-order valence-corrected chi connectivity index (χ3v) is 13.3. The lowest BCUT2D eigenvalue weighted by Crippen LogP contribution is -2.58. The molecule has 1 heterocycles. The highest BCUT2D eigenvalue weighted by molar-refractivity contribution is 5.76. The summed E-state index contributed by atoms with van der Waals surface area (Å²) in [6.45, 7) is 10.8. The Balaban J connectivity index is 1.03. The first-order chi connectivity index (χ1) is 19.6. The third kappa shape index (κ3) is 5.19. The maximum absolute atomic E-state index is 13.3. The smallest absolute Gasteiger partial charge is 0.222 e. The molecule has 10 unspecified atom stereocenters. The first-order valence-electron chi connectivity index (χ1n) is 16.7. The molecule has 228 valence electrons. The average molecular weight is 567 g/mol. The van der Waals surface area contributed by atoms with Crippen LogP contribution in [0.2, 0.25) is 0 Å². The van der Waals surface area contributed by atoms with E-state index in [9.17, 15) is 15.0 Å². The van der Waals surface area contributed by atoms with E-state index in [4.69, 9.17) is 4.74 Å². The number of ether oxygens (including phenoxy) is 1. The van der Waals surface area contributed by atoms with Crippen molar-refractivity contribution >= 4 is 11.6 Å². The number of carbonyl (C=O) groups excluding carboxylic acids is 1. The van der Waals surface area contributed by atoms with E-state index in [0.717, 1.165) is 64.0 Å². The topological polar surface area (TPSA) is 73.2 Å². The van der Waals surface area contributed by atoms with Crippen molar-refractivity contribution in [3.8, 4) is 5.75 Å². The maximum Gasteiger partial charge on any atom is 0.222 e. The van der Waals surface area contributed by atoms with E-state index in [-0.39, 0.29) is 23.0 Å². The molecule has 0 aromatic heterocycles.